The molecule has 0 aliphatic carbocycles. The molecule has 0 saturated carbocycles. The van der Waals surface area contributed by atoms with E-state index in [1.54, 1.807) is 0 Å². The predicted octanol–water partition coefficient (Wildman–Crippen LogP) is 4.46. The second-order valence-electron chi connectivity index (χ2n) is 9.68. The van der Waals surface area contributed by atoms with Crippen LogP contribution in [0.25, 0.3) is 0 Å². The van der Waals surface area contributed by atoms with Crippen LogP contribution in [0.4, 0.5) is 0 Å². The van der Waals surface area contributed by atoms with Crippen molar-refractivity contribution in [2.45, 2.75) is 39.6 Å². The number of rotatable bonds is 16. The first-order valence-corrected chi connectivity index (χ1v) is 13.5. The van der Waals surface area contributed by atoms with Gasteiger partial charge in [0.05, 0.1) is 11.4 Å². The minimum Gasteiger partial charge on any atom is -0.310 e. The summed E-state index contributed by atoms with van der Waals surface area (Å²) in [7, 11) is 0. The number of nitrogens with zero attached hydrogens (tertiary/aromatic N) is 3. The van der Waals surface area contributed by atoms with E-state index < -0.39 is 0 Å². The number of pyridine rings is 2. The van der Waals surface area contributed by atoms with Crippen molar-refractivity contribution >= 4 is 0 Å². The Morgan fingerprint density at radius 1 is 0.579 bits per heavy atom. The van der Waals surface area contributed by atoms with Gasteiger partial charge in [-0.2, -0.15) is 0 Å². The van der Waals surface area contributed by atoms with Crippen LogP contribution in [0.3, 0.4) is 0 Å². The molecule has 6 heteroatoms. The molecule has 0 aliphatic rings. The van der Waals surface area contributed by atoms with Gasteiger partial charge < -0.3 is 16.0 Å². The topological polar surface area (TPSA) is 65.1 Å². The lowest BCUT2D eigenvalue weighted by Crippen LogP contribution is -2.36. The summed E-state index contributed by atoms with van der Waals surface area (Å²) < 4.78 is 0. The number of aromatic nitrogens is 2. The van der Waals surface area contributed by atoms with E-state index in [0.717, 1.165) is 70.3 Å². The highest BCUT2D eigenvalue weighted by Crippen LogP contribution is 2.09. The Kier molecular flexibility index (Phi) is 11.4. The minimum atomic E-state index is 0.789. The molecule has 2 aromatic heterocycles. The summed E-state index contributed by atoms with van der Waals surface area (Å²) in [5, 5.41) is 10.6. The van der Waals surface area contributed by atoms with Crippen molar-refractivity contribution in [2.75, 3.05) is 26.2 Å². The van der Waals surface area contributed by atoms with Crippen LogP contribution in [0, 0.1) is 6.92 Å². The van der Waals surface area contributed by atoms with Gasteiger partial charge in [-0.05, 0) is 47.9 Å². The summed E-state index contributed by atoms with van der Waals surface area (Å²) in [5.41, 5.74) is 7.41. The molecule has 4 rings (SSSR count). The fourth-order valence-corrected chi connectivity index (χ4v) is 4.38. The van der Waals surface area contributed by atoms with E-state index in [4.69, 9.17) is 0 Å². The normalized spacial score (nSPS) is 11.2. The summed E-state index contributed by atoms with van der Waals surface area (Å²) in [6.45, 7) is 10.2. The lowest BCUT2D eigenvalue weighted by molar-refractivity contribution is 0.263. The Bertz CT molecular complexity index is 1130. The molecule has 0 fully saturated rings. The van der Waals surface area contributed by atoms with Crippen LogP contribution < -0.4 is 16.0 Å². The molecular formula is C32H40N6. The Morgan fingerprint density at radius 2 is 1.18 bits per heavy atom. The quantitative estimate of drug-likeness (QED) is 0.194. The smallest absolute Gasteiger partial charge is 0.0541 e. The molecule has 0 amide bonds. The van der Waals surface area contributed by atoms with Gasteiger partial charge >= 0.3 is 0 Å². The maximum Gasteiger partial charge on any atom is 0.0541 e. The third-order valence-electron chi connectivity index (χ3n) is 6.44. The second-order valence-corrected chi connectivity index (χ2v) is 9.68. The van der Waals surface area contributed by atoms with Crippen LogP contribution in [0.5, 0.6) is 0 Å². The van der Waals surface area contributed by atoms with Gasteiger partial charge in [-0.3, -0.25) is 14.9 Å². The highest BCUT2D eigenvalue weighted by Gasteiger charge is 2.07. The van der Waals surface area contributed by atoms with Gasteiger partial charge in [0.1, 0.15) is 0 Å². The second kappa shape index (κ2) is 15.7. The van der Waals surface area contributed by atoms with Gasteiger partial charge in [-0.1, -0.05) is 66.2 Å². The molecule has 198 valence electrons. The van der Waals surface area contributed by atoms with Gasteiger partial charge in [0.2, 0.25) is 0 Å². The Labute approximate surface area is 227 Å². The van der Waals surface area contributed by atoms with Gasteiger partial charge in [0.25, 0.3) is 0 Å². The summed E-state index contributed by atoms with van der Waals surface area (Å²) >= 11 is 0. The van der Waals surface area contributed by atoms with Gasteiger partial charge in [-0.25, -0.2) is 0 Å². The molecule has 2 heterocycles. The van der Waals surface area contributed by atoms with Gasteiger partial charge in [0, 0.05) is 71.3 Å². The number of hydrogen-bond donors (Lipinski definition) is 3. The molecule has 3 N–H and O–H groups in total. The van der Waals surface area contributed by atoms with Crippen molar-refractivity contribution in [3.05, 3.63) is 131 Å². The molecule has 38 heavy (non-hydrogen) atoms. The number of aryl methyl sites for hydroxylation is 1. The maximum absolute atomic E-state index is 4.41. The molecule has 0 saturated heterocycles. The zero-order valence-electron chi connectivity index (χ0n) is 22.4. The van der Waals surface area contributed by atoms with E-state index in [-0.39, 0.29) is 0 Å². The van der Waals surface area contributed by atoms with Gasteiger partial charge in [0.15, 0.2) is 0 Å². The molecular weight excluding hydrogens is 468 g/mol. The third-order valence-corrected chi connectivity index (χ3v) is 6.44. The van der Waals surface area contributed by atoms with E-state index in [1.165, 1.54) is 22.3 Å². The van der Waals surface area contributed by atoms with Crippen molar-refractivity contribution in [2.24, 2.45) is 0 Å². The van der Waals surface area contributed by atoms with Crippen molar-refractivity contribution in [1.82, 2.24) is 30.8 Å². The van der Waals surface area contributed by atoms with E-state index in [0.29, 0.717) is 0 Å². The molecule has 0 spiro atoms. The van der Waals surface area contributed by atoms with Crippen molar-refractivity contribution in [3.63, 3.8) is 0 Å². The first-order valence-electron chi connectivity index (χ1n) is 13.5. The van der Waals surface area contributed by atoms with E-state index in [2.05, 4.69) is 98.4 Å². The fraction of sp³-hybridized carbons (Fsp3) is 0.312. The Balaban J connectivity index is 1.24. The van der Waals surface area contributed by atoms with E-state index in [1.807, 2.05) is 36.7 Å². The van der Waals surface area contributed by atoms with Crippen LogP contribution in [-0.4, -0.2) is 41.0 Å². The molecule has 0 unspecified atom stereocenters. The zero-order chi connectivity index (χ0) is 26.3. The fourth-order valence-electron chi connectivity index (χ4n) is 4.38. The third kappa shape index (κ3) is 10.1. The standard InChI is InChI=1S/C32H40N6/c1-27-7-6-8-30(21-27)23-35-22-28-11-13-29(14-12-28)26-38(19-17-33-24-31-9-2-4-15-36-31)20-18-34-25-32-10-3-5-16-37-32/h2-16,21,33-35H,17-20,22-26H2,1H3. The van der Waals surface area contributed by atoms with E-state index >= 15 is 0 Å². The summed E-state index contributed by atoms with van der Waals surface area (Å²) in [5.74, 6) is 0. The lowest BCUT2D eigenvalue weighted by atomic mass is 10.1. The molecule has 0 aliphatic heterocycles. The SMILES string of the molecule is Cc1cccc(CNCc2ccc(CN(CCNCc3ccccn3)CCNCc3ccccn3)cc2)c1. The maximum atomic E-state index is 4.41. The minimum absolute atomic E-state index is 0.789. The molecule has 4 aromatic rings. The molecule has 2 aromatic carbocycles. The van der Waals surface area contributed by atoms with Crippen LogP contribution in [0.2, 0.25) is 0 Å². The van der Waals surface area contributed by atoms with Crippen LogP contribution >= 0.6 is 0 Å². The molecule has 0 atom stereocenters. The van der Waals surface area contributed by atoms with Crippen LogP contribution in [0.15, 0.2) is 97.3 Å². The average Bonchev–Trinajstić information content (AvgIpc) is 2.95. The monoisotopic (exact) mass is 508 g/mol. The molecule has 0 radical (unpaired) electrons. The van der Waals surface area contributed by atoms with Crippen molar-refractivity contribution in [1.29, 1.82) is 0 Å². The summed E-state index contributed by atoms with van der Waals surface area (Å²) in [4.78, 5) is 11.3. The average molecular weight is 509 g/mol. The summed E-state index contributed by atoms with van der Waals surface area (Å²) in [6, 6.07) is 29.8. The first-order chi connectivity index (χ1) is 18.7. The predicted molar refractivity (Wildman–Crippen MR) is 155 cm³/mol. The highest BCUT2D eigenvalue weighted by molar-refractivity contribution is 5.24. The number of nitrogens with one attached hydrogen (secondary N) is 3. The molecule has 6 nitrogen and oxygen atoms in total. The highest BCUT2D eigenvalue weighted by atomic mass is 15.1. The number of hydrogen-bond acceptors (Lipinski definition) is 6. The Morgan fingerprint density at radius 3 is 1.76 bits per heavy atom. The zero-order valence-corrected chi connectivity index (χ0v) is 22.4. The van der Waals surface area contributed by atoms with Crippen molar-refractivity contribution in [3.8, 4) is 0 Å². The molecule has 0 bridgehead atoms. The summed E-state index contributed by atoms with van der Waals surface area (Å²) in [6.07, 6.45) is 3.69. The Hall–Kier alpha value is -3.42. The first kappa shape index (κ1) is 27.6. The van der Waals surface area contributed by atoms with Gasteiger partial charge in [-0.15, -0.1) is 0 Å². The largest absolute Gasteiger partial charge is 0.310 e. The van der Waals surface area contributed by atoms with Crippen LogP contribution in [-0.2, 0) is 32.7 Å². The van der Waals surface area contributed by atoms with Crippen molar-refractivity contribution < 1.29 is 0 Å². The van der Waals surface area contributed by atoms with E-state index in [9.17, 15) is 0 Å². The number of benzene rings is 2. The van der Waals surface area contributed by atoms with Crippen LogP contribution in [0.1, 0.15) is 33.6 Å². The lowest BCUT2D eigenvalue weighted by Gasteiger charge is -2.23.